The number of carboxylic acid groups (broad SMARTS) is 2. The predicted molar refractivity (Wildman–Crippen MR) is 180 cm³/mol. The number of fused-ring (bicyclic) bond motifs is 1. The van der Waals surface area contributed by atoms with Crippen LogP contribution in [-0.4, -0.2) is 62.9 Å². The van der Waals surface area contributed by atoms with Crippen LogP contribution in [0.1, 0.15) is 91.4 Å². The number of anilines is 1. The van der Waals surface area contributed by atoms with Crippen molar-refractivity contribution >= 4 is 46.4 Å². The van der Waals surface area contributed by atoms with Gasteiger partial charge in [-0.25, -0.2) is 14.6 Å². The van der Waals surface area contributed by atoms with E-state index in [-0.39, 0.29) is 45.8 Å². The molecule has 6 N–H and O–H groups in total. The Bertz CT molecular complexity index is 1900. The Morgan fingerprint density at radius 3 is 2.06 bits per heavy atom. The van der Waals surface area contributed by atoms with Gasteiger partial charge in [-0.2, -0.15) is 0 Å². The molecule has 12 nitrogen and oxygen atoms in total. The summed E-state index contributed by atoms with van der Waals surface area (Å²) >= 11 is 0. The highest BCUT2D eigenvalue weighted by atomic mass is 16.4. The summed E-state index contributed by atoms with van der Waals surface area (Å²) < 4.78 is 0. The second-order valence-electron chi connectivity index (χ2n) is 14.0. The molecule has 0 saturated heterocycles. The summed E-state index contributed by atoms with van der Waals surface area (Å²) in [6.07, 6.45) is 8.74. The number of nitrogens with one attached hydrogen (secondary N) is 4. The molecular formula is C37H37N5O7. The highest BCUT2D eigenvalue weighted by Crippen LogP contribution is 2.59. The Morgan fingerprint density at radius 1 is 0.816 bits per heavy atom. The number of hydrogen-bond donors (Lipinski definition) is 6. The fourth-order valence-corrected chi connectivity index (χ4v) is 8.80. The van der Waals surface area contributed by atoms with Gasteiger partial charge in [-0.15, -0.1) is 0 Å². The van der Waals surface area contributed by atoms with Crippen LogP contribution in [0, 0.1) is 23.2 Å². The second kappa shape index (κ2) is 12.8. The summed E-state index contributed by atoms with van der Waals surface area (Å²) in [6.45, 7) is 0.381. The molecule has 4 aromatic rings. The molecule has 1 aromatic heterocycles. The van der Waals surface area contributed by atoms with Crippen molar-refractivity contribution in [1.29, 1.82) is 0 Å². The quantitative estimate of drug-likeness (QED) is 0.128. The molecule has 1 heterocycles. The standard InChI is InChI=1S/C37H37N5O7/c43-32(39-18-37-14-20-8-21(15-37)10-22(9-20)16-37)27-6-7-29-31(41-19-40-29)30(27)34(45)38-17-28(23-4-2-1-3-5-23)33(44)42-26-12-24(35(46)47)11-25(13-26)36(48)49/h1-7,11-13,19-22,28H,8-10,14-18H2,(H,38,45)(H,39,43)(H,40,41)(H,42,44)(H,46,47)(H,48,49). The van der Waals surface area contributed by atoms with E-state index in [1.807, 2.05) is 0 Å². The zero-order valence-electron chi connectivity index (χ0n) is 26.7. The largest absolute Gasteiger partial charge is 0.478 e. The van der Waals surface area contributed by atoms with Crippen LogP contribution in [0.25, 0.3) is 11.0 Å². The van der Waals surface area contributed by atoms with Gasteiger partial charge in [-0.1, -0.05) is 30.3 Å². The minimum absolute atomic E-state index is 0.0196. The molecule has 3 amide bonds. The third-order valence-electron chi connectivity index (χ3n) is 10.5. The molecule has 4 aliphatic carbocycles. The molecule has 3 aromatic carbocycles. The van der Waals surface area contributed by atoms with Crippen LogP contribution in [0.15, 0.2) is 67.0 Å². The Balaban J connectivity index is 1.11. The predicted octanol–water partition coefficient (Wildman–Crippen LogP) is 5.06. The van der Waals surface area contributed by atoms with Crippen molar-refractivity contribution in [1.82, 2.24) is 20.6 Å². The number of benzene rings is 3. The van der Waals surface area contributed by atoms with Crippen LogP contribution in [0.5, 0.6) is 0 Å². The number of hydrogen-bond acceptors (Lipinski definition) is 6. The van der Waals surface area contributed by atoms with Gasteiger partial charge in [0.25, 0.3) is 11.8 Å². The van der Waals surface area contributed by atoms with Crippen molar-refractivity contribution in [2.24, 2.45) is 23.2 Å². The summed E-state index contributed by atoms with van der Waals surface area (Å²) in [5, 5.41) is 27.6. The lowest BCUT2D eigenvalue weighted by Crippen LogP contribution is -2.51. The zero-order chi connectivity index (χ0) is 34.3. The lowest BCUT2D eigenvalue weighted by Gasteiger charge is -2.56. The van der Waals surface area contributed by atoms with E-state index in [9.17, 15) is 34.2 Å². The van der Waals surface area contributed by atoms with Crippen molar-refractivity contribution in [3.63, 3.8) is 0 Å². The van der Waals surface area contributed by atoms with E-state index in [1.165, 1.54) is 37.7 Å². The molecule has 4 aliphatic rings. The first-order valence-corrected chi connectivity index (χ1v) is 16.6. The Kier molecular flexibility index (Phi) is 8.39. The highest BCUT2D eigenvalue weighted by molar-refractivity contribution is 6.14. The monoisotopic (exact) mass is 663 g/mol. The fourth-order valence-electron chi connectivity index (χ4n) is 8.80. The minimum atomic E-state index is -1.35. The highest BCUT2D eigenvalue weighted by Gasteiger charge is 2.50. The Labute approximate surface area is 281 Å². The van der Waals surface area contributed by atoms with Crippen molar-refractivity contribution in [3.8, 4) is 0 Å². The summed E-state index contributed by atoms with van der Waals surface area (Å²) in [7, 11) is 0. The van der Waals surface area contributed by atoms with Crippen molar-refractivity contribution in [2.45, 2.75) is 44.4 Å². The van der Waals surface area contributed by atoms with E-state index in [2.05, 4.69) is 25.9 Å². The maximum atomic E-state index is 14.0. The van der Waals surface area contributed by atoms with Crippen LogP contribution in [0.3, 0.4) is 0 Å². The average Bonchev–Trinajstić information content (AvgIpc) is 3.55. The maximum Gasteiger partial charge on any atom is 0.335 e. The van der Waals surface area contributed by atoms with Gasteiger partial charge in [0.2, 0.25) is 5.91 Å². The van der Waals surface area contributed by atoms with E-state index < -0.39 is 29.7 Å². The molecule has 12 heteroatoms. The number of amides is 3. The van der Waals surface area contributed by atoms with Gasteiger partial charge in [-0.3, -0.25) is 14.4 Å². The van der Waals surface area contributed by atoms with Crippen LogP contribution in [0.4, 0.5) is 5.69 Å². The first-order chi connectivity index (χ1) is 23.6. The third-order valence-corrected chi connectivity index (χ3v) is 10.5. The van der Waals surface area contributed by atoms with Gasteiger partial charge in [0.15, 0.2) is 0 Å². The van der Waals surface area contributed by atoms with Gasteiger partial charge >= 0.3 is 11.9 Å². The third kappa shape index (κ3) is 6.50. The molecule has 0 aliphatic heterocycles. The molecular weight excluding hydrogens is 626 g/mol. The smallest absolute Gasteiger partial charge is 0.335 e. The van der Waals surface area contributed by atoms with Crippen LogP contribution in [0.2, 0.25) is 0 Å². The van der Waals surface area contributed by atoms with Gasteiger partial charge in [-0.05, 0) is 97.6 Å². The number of aromatic carboxylic acids is 2. The normalized spacial score (nSPS) is 22.7. The molecule has 1 unspecified atom stereocenters. The van der Waals surface area contributed by atoms with E-state index >= 15 is 0 Å². The SMILES string of the molecule is O=C(O)c1cc(NC(=O)C(CNC(=O)c2c(C(=O)NCC34CC5CC(CC(C5)C3)C4)ccc3[nH]cnc23)c2ccccc2)cc(C(=O)O)c1. The lowest BCUT2D eigenvalue weighted by molar-refractivity contribution is -0.117. The summed E-state index contributed by atoms with van der Waals surface area (Å²) in [6, 6.07) is 15.3. The number of rotatable bonds is 11. The first kappa shape index (κ1) is 32.0. The van der Waals surface area contributed by atoms with E-state index in [0.717, 1.165) is 43.1 Å². The number of nitrogens with zero attached hydrogens (tertiary/aromatic N) is 1. The fraction of sp³-hybridized carbons (Fsp3) is 0.351. The molecule has 0 radical (unpaired) electrons. The van der Waals surface area contributed by atoms with Gasteiger partial charge < -0.3 is 31.1 Å². The number of H-pyrrole nitrogens is 1. The summed E-state index contributed by atoms with van der Waals surface area (Å²) in [5.74, 6) is -3.00. The number of carbonyl (C=O) groups is 5. The molecule has 4 bridgehead atoms. The molecule has 49 heavy (non-hydrogen) atoms. The van der Waals surface area contributed by atoms with Gasteiger partial charge in [0, 0.05) is 18.8 Å². The number of imidazole rings is 1. The zero-order valence-corrected chi connectivity index (χ0v) is 26.7. The summed E-state index contributed by atoms with van der Waals surface area (Å²) in [5.41, 5.74) is 1.22. The number of carboxylic acids is 2. The first-order valence-electron chi connectivity index (χ1n) is 16.6. The van der Waals surface area contributed by atoms with Gasteiger partial charge in [0.05, 0.1) is 40.0 Å². The lowest BCUT2D eigenvalue weighted by atomic mass is 9.49. The van der Waals surface area contributed by atoms with Crippen molar-refractivity contribution in [3.05, 3.63) is 94.8 Å². The van der Waals surface area contributed by atoms with E-state index in [1.54, 1.807) is 42.5 Å². The van der Waals surface area contributed by atoms with Gasteiger partial charge in [0.1, 0.15) is 5.52 Å². The molecule has 8 rings (SSSR count). The minimum Gasteiger partial charge on any atom is -0.478 e. The number of aromatic amines is 1. The molecule has 252 valence electrons. The molecule has 1 atom stereocenters. The van der Waals surface area contributed by atoms with Crippen LogP contribution < -0.4 is 16.0 Å². The van der Waals surface area contributed by atoms with Crippen LogP contribution >= 0.6 is 0 Å². The van der Waals surface area contributed by atoms with Crippen molar-refractivity contribution in [2.75, 3.05) is 18.4 Å². The molecule has 4 fully saturated rings. The second-order valence-corrected chi connectivity index (χ2v) is 14.0. The summed E-state index contributed by atoms with van der Waals surface area (Å²) in [4.78, 5) is 72.0. The Hall–Kier alpha value is -5.52. The number of carbonyl (C=O) groups excluding carboxylic acids is 3. The van der Waals surface area contributed by atoms with E-state index in [4.69, 9.17) is 0 Å². The molecule has 4 saturated carbocycles. The number of aromatic nitrogens is 2. The average molecular weight is 664 g/mol. The maximum absolute atomic E-state index is 14.0. The molecule has 0 spiro atoms. The Morgan fingerprint density at radius 2 is 1.45 bits per heavy atom. The van der Waals surface area contributed by atoms with Crippen LogP contribution in [-0.2, 0) is 4.79 Å². The topological polar surface area (TPSA) is 191 Å². The van der Waals surface area contributed by atoms with E-state index in [0.29, 0.717) is 23.1 Å². The van der Waals surface area contributed by atoms with Crippen molar-refractivity contribution < 1.29 is 34.2 Å².